The first-order valence-corrected chi connectivity index (χ1v) is 6.86. The van der Waals surface area contributed by atoms with Crippen molar-refractivity contribution in [2.45, 2.75) is 20.8 Å². The number of aryl methyl sites for hydroxylation is 3. The van der Waals surface area contributed by atoms with E-state index in [-0.39, 0.29) is 5.91 Å². The van der Waals surface area contributed by atoms with E-state index in [0.29, 0.717) is 15.3 Å². The number of halogens is 1. The number of hydrogen-bond donors (Lipinski definition) is 1. The molecule has 2 rings (SSSR count). The number of rotatable bonds is 2. The van der Waals surface area contributed by atoms with Crippen molar-refractivity contribution >= 4 is 45.3 Å². The van der Waals surface area contributed by atoms with Crippen LogP contribution in [0, 0.1) is 20.8 Å². The van der Waals surface area contributed by atoms with E-state index < -0.39 is 0 Å². The van der Waals surface area contributed by atoms with E-state index in [4.69, 9.17) is 11.6 Å². The Morgan fingerprint density at radius 2 is 1.88 bits per heavy atom. The van der Waals surface area contributed by atoms with Crippen molar-refractivity contribution in [3.8, 4) is 0 Å². The molecule has 2 heterocycles. The van der Waals surface area contributed by atoms with Crippen LogP contribution < -0.4 is 5.32 Å². The van der Waals surface area contributed by atoms with Gasteiger partial charge in [0, 0.05) is 9.75 Å². The first kappa shape index (κ1) is 12.5. The van der Waals surface area contributed by atoms with Crippen LogP contribution in [-0.4, -0.2) is 15.9 Å². The van der Waals surface area contributed by atoms with Crippen LogP contribution in [0.1, 0.15) is 25.9 Å². The highest BCUT2D eigenvalue weighted by molar-refractivity contribution is 7.16. The number of nitrogens with one attached hydrogen (secondary N) is 1. The van der Waals surface area contributed by atoms with E-state index in [9.17, 15) is 4.79 Å². The van der Waals surface area contributed by atoms with Crippen molar-refractivity contribution in [1.82, 2.24) is 9.97 Å². The lowest BCUT2D eigenvalue weighted by Gasteiger charge is -1.98. The van der Waals surface area contributed by atoms with Crippen molar-refractivity contribution in [1.29, 1.82) is 0 Å². The number of nitrogens with zero attached hydrogens (tertiary/aromatic N) is 2. The van der Waals surface area contributed by atoms with Crippen molar-refractivity contribution in [2.75, 3.05) is 5.32 Å². The second-order valence-corrected chi connectivity index (χ2v) is 6.47. The van der Waals surface area contributed by atoms with Crippen LogP contribution >= 0.6 is 34.3 Å². The summed E-state index contributed by atoms with van der Waals surface area (Å²) in [5.41, 5.74) is 1.30. The standard InChI is InChI=1S/C10H10ClN3OS2/c1-4-5(2)17-10(12-4)14-8(15)7-6(3)16-9(11)13-7/h1-3H3,(H,12,14,15). The SMILES string of the molecule is Cc1nc(NC(=O)c2nc(Cl)sc2C)sc1C. The number of carbonyl (C=O) groups excluding carboxylic acids is 1. The van der Waals surface area contributed by atoms with Gasteiger partial charge in [0.15, 0.2) is 9.60 Å². The normalized spacial score (nSPS) is 10.6. The van der Waals surface area contributed by atoms with Gasteiger partial charge >= 0.3 is 0 Å². The topological polar surface area (TPSA) is 54.9 Å². The molecule has 1 amide bonds. The third-order valence-electron chi connectivity index (χ3n) is 2.23. The lowest BCUT2D eigenvalue weighted by Crippen LogP contribution is -2.13. The summed E-state index contributed by atoms with van der Waals surface area (Å²) in [7, 11) is 0. The Morgan fingerprint density at radius 3 is 2.35 bits per heavy atom. The molecule has 1 N–H and O–H groups in total. The van der Waals surface area contributed by atoms with Crippen molar-refractivity contribution in [2.24, 2.45) is 0 Å². The Morgan fingerprint density at radius 1 is 1.18 bits per heavy atom. The summed E-state index contributed by atoms with van der Waals surface area (Å²) in [6.07, 6.45) is 0. The van der Waals surface area contributed by atoms with Gasteiger partial charge in [-0.15, -0.1) is 22.7 Å². The van der Waals surface area contributed by atoms with Gasteiger partial charge in [0.1, 0.15) is 5.69 Å². The number of thiazole rings is 2. The van der Waals surface area contributed by atoms with E-state index in [1.165, 1.54) is 22.7 Å². The Bertz CT molecular complexity index is 557. The summed E-state index contributed by atoms with van der Waals surface area (Å²) in [6.45, 7) is 5.69. The smallest absolute Gasteiger partial charge is 0.277 e. The van der Waals surface area contributed by atoms with Gasteiger partial charge in [-0.1, -0.05) is 11.6 Å². The lowest BCUT2D eigenvalue weighted by atomic mass is 10.4. The van der Waals surface area contributed by atoms with Crippen LogP contribution in [0.4, 0.5) is 5.13 Å². The van der Waals surface area contributed by atoms with E-state index in [1.807, 2.05) is 20.8 Å². The molecule has 0 radical (unpaired) electrons. The highest BCUT2D eigenvalue weighted by Gasteiger charge is 2.16. The minimum atomic E-state index is -0.264. The maximum Gasteiger partial charge on any atom is 0.277 e. The van der Waals surface area contributed by atoms with Crippen LogP contribution in [0.2, 0.25) is 4.47 Å². The van der Waals surface area contributed by atoms with Gasteiger partial charge in [0.2, 0.25) is 0 Å². The van der Waals surface area contributed by atoms with Crippen LogP contribution in [0.5, 0.6) is 0 Å². The molecule has 0 aliphatic heterocycles. The Kier molecular flexibility index (Phi) is 3.46. The molecule has 0 fully saturated rings. The predicted molar refractivity (Wildman–Crippen MR) is 71.4 cm³/mol. The molecule has 4 nitrogen and oxygen atoms in total. The summed E-state index contributed by atoms with van der Waals surface area (Å²) in [5, 5.41) is 3.32. The Hall–Kier alpha value is -0.980. The number of carbonyl (C=O) groups is 1. The summed E-state index contributed by atoms with van der Waals surface area (Å²) in [5.74, 6) is -0.264. The van der Waals surface area contributed by atoms with Crippen molar-refractivity contribution in [3.05, 3.63) is 25.6 Å². The molecular weight excluding hydrogens is 278 g/mol. The number of hydrogen-bond acceptors (Lipinski definition) is 5. The molecular formula is C10H10ClN3OS2. The van der Waals surface area contributed by atoms with Crippen LogP contribution in [0.15, 0.2) is 0 Å². The zero-order valence-electron chi connectivity index (χ0n) is 9.50. The number of anilines is 1. The number of amides is 1. The van der Waals surface area contributed by atoms with E-state index in [2.05, 4.69) is 15.3 Å². The largest absolute Gasteiger partial charge is 0.296 e. The molecule has 0 spiro atoms. The maximum absolute atomic E-state index is 11.9. The molecule has 0 aliphatic carbocycles. The average molecular weight is 288 g/mol. The average Bonchev–Trinajstić information content (AvgIpc) is 2.71. The first-order chi connectivity index (χ1) is 7.97. The fourth-order valence-electron chi connectivity index (χ4n) is 1.26. The van der Waals surface area contributed by atoms with Gasteiger partial charge < -0.3 is 0 Å². The molecule has 0 atom stereocenters. The molecule has 7 heteroatoms. The van der Waals surface area contributed by atoms with Gasteiger partial charge in [-0.05, 0) is 20.8 Å². The van der Waals surface area contributed by atoms with Crippen LogP contribution in [0.25, 0.3) is 0 Å². The molecule has 0 aromatic carbocycles. The molecule has 0 saturated heterocycles. The first-order valence-electron chi connectivity index (χ1n) is 4.85. The van der Waals surface area contributed by atoms with Gasteiger partial charge in [-0.2, -0.15) is 0 Å². The predicted octanol–water partition coefficient (Wildman–Crippen LogP) is 3.43. The van der Waals surface area contributed by atoms with E-state index in [0.717, 1.165) is 15.4 Å². The highest BCUT2D eigenvalue weighted by Crippen LogP contribution is 2.24. The summed E-state index contributed by atoms with van der Waals surface area (Å²) in [6, 6.07) is 0. The second-order valence-electron chi connectivity index (χ2n) is 3.49. The number of aromatic nitrogens is 2. The summed E-state index contributed by atoms with van der Waals surface area (Å²) < 4.78 is 0.374. The minimum absolute atomic E-state index is 0.264. The van der Waals surface area contributed by atoms with E-state index in [1.54, 1.807) is 0 Å². The van der Waals surface area contributed by atoms with Crippen molar-refractivity contribution < 1.29 is 4.79 Å². The lowest BCUT2D eigenvalue weighted by molar-refractivity contribution is 0.102. The third kappa shape index (κ3) is 2.65. The van der Waals surface area contributed by atoms with Crippen LogP contribution in [0.3, 0.4) is 0 Å². The fourth-order valence-corrected chi connectivity index (χ4v) is 3.12. The molecule has 90 valence electrons. The molecule has 17 heavy (non-hydrogen) atoms. The highest BCUT2D eigenvalue weighted by atomic mass is 35.5. The summed E-state index contributed by atoms with van der Waals surface area (Å²) >= 11 is 8.50. The van der Waals surface area contributed by atoms with Gasteiger partial charge in [0.25, 0.3) is 5.91 Å². The third-order valence-corrected chi connectivity index (χ3v) is 4.30. The van der Waals surface area contributed by atoms with E-state index >= 15 is 0 Å². The summed E-state index contributed by atoms with van der Waals surface area (Å²) in [4.78, 5) is 22.0. The molecule has 0 bridgehead atoms. The molecule has 0 unspecified atom stereocenters. The molecule has 2 aromatic rings. The van der Waals surface area contributed by atoms with Gasteiger partial charge in [-0.3, -0.25) is 10.1 Å². The molecule has 0 aliphatic rings. The fraction of sp³-hybridized carbons (Fsp3) is 0.300. The zero-order chi connectivity index (χ0) is 12.6. The second kappa shape index (κ2) is 4.72. The monoisotopic (exact) mass is 287 g/mol. The molecule has 0 saturated carbocycles. The maximum atomic E-state index is 11.9. The zero-order valence-corrected chi connectivity index (χ0v) is 11.9. The van der Waals surface area contributed by atoms with Gasteiger partial charge in [0.05, 0.1) is 5.69 Å². The Balaban J connectivity index is 2.19. The minimum Gasteiger partial charge on any atom is -0.296 e. The van der Waals surface area contributed by atoms with Crippen molar-refractivity contribution in [3.63, 3.8) is 0 Å². The molecule has 2 aromatic heterocycles. The van der Waals surface area contributed by atoms with Gasteiger partial charge in [-0.25, -0.2) is 9.97 Å². The Labute approximate surface area is 112 Å². The van der Waals surface area contributed by atoms with Crippen LogP contribution in [-0.2, 0) is 0 Å². The quantitative estimate of drug-likeness (QED) is 0.920.